The van der Waals surface area contributed by atoms with Crippen molar-refractivity contribution in [1.82, 2.24) is 24.3 Å². The summed E-state index contributed by atoms with van der Waals surface area (Å²) in [5, 5.41) is 19.8. The van der Waals surface area contributed by atoms with Crippen molar-refractivity contribution >= 4 is 34.4 Å². The van der Waals surface area contributed by atoms with Gasteiger partial charge < -0.3 is 14.2 Å². The van der Waals surface area contributed by atoms with E-state index in [1.54, 1.807) is 11.8 Å². The van der Waals surface area contributed by atoms with Crippen LogP contribution in [0, 0.1) is 0 Å². The first-order valence-electron chi connectivity index (χ1n) is 8.56. The van der Waals surface area contributed by atoms with Crippen molar-refractivity contribution in [2.75, 3.05) is 6.61 Å². The molecule has 0 atom stereocenters. The Bertz CT molecular complexity index is 891. The molecule has 0 spiro atoms. The summed E-state index contributed by atoms with van der Waals surface area (Å²) in [5.41, 5.74) is 1.85. The third kappa shape index (κ3) is 3.41. The van der Waals surface area contributed by atoms with Crippen LogP contribution in [0.15, 0.2) is 23.4 Å². The minimum Gasteiger partial charge on any atom is -0.395 e. The molecule has 0 amide bonds. The van der Waals surface area contributed by atoms with Crippen LogP contribution in [0.5, 0.6) is 0 Å². The predicted molar refractivity (Wildman–Crippen MR) is 99.0 cm³/mol. The summed E-state index contributed by atoms with van der Waals surface area (Å²) in [5.74, 6) is 2.70. The Morgan fingerprint density at radius 3 is 3.00 bits per heavy atom. The van der Waals surface area contributed by atoms with Crippen molar-refractivity contribution in [2.24, 2.45) is 0 Å². The van der Waals surface area contributed by atoms with Crippen LogP contribution in [-0.2, 0) is 25.3 Å². The van der Waals surface area contributed by atoms with E-state index in [4.69, 9.17) is 16.6 Å². The van der Waals surface area contributed by atoms with E-state index >= 15 is 0 Å². The minimum absolute atomic E-state index is 0.0654. The van der Waals surface area contributed by atoms with Crippen molar-refractivity contribution in [1.29, 1.82) is 0 Å². The standard InChI is InChI=1S/C17H20ClN5OS/c18-12-5-6-13-14(10-12)22(8-9-24)16(19-13)11-25-17-21-20-15-4-2-1-3-7-23(15)17/h5-6,10,24H,1-4,7-9,11H2. The quantitative estimate of drug-likeness (QED) is 0.691. The van der Waals surface area contributed by atoms with Gasteiger partial charge in [0.1, 0.15) is 11.6 Å². The topological polar surface area (TPSA) is 68.8 Å². The largest absolute Gasteiger partial charge is 0.395 e. The first-order chi connectivity index (χ1) is 12.3. The monoisotopic (exact) mass is 377 g/mol. The van der Waals surface area contributed by atoms with Crippen molar-refractivity contribution in [2.45, 2.75) is 49.7 Å². The Labute approximate surface area is 155 Å². The Morgan fingerprint density at radius 1 is 1.20 bits per heavy atom. The highest BCUT2D eigenvalue weighted by Gasteiger charge is 2.17. The molecule has 6 nitrogen and oxygen atoms in total. The van der Waals surface area contributed by atoms with Gasteiger partial charge in [-0.25, -0.2) is 4.98 Å². The maximum Gasteiger partial charge on any atom is 0.191 e. The van der Waals surface area contributed by atoms with Gasteiger partial charge in [0.15, 0.2) is 5.16 Å². The molecular weight excluding hydrogens is 358 g/mol. The zero-order valence-electron chi connectivity index (χ0n) is 13.9. The van der Waals surface area contributed by atoms with E-state index in [-0.39, 0.29) is 6.61 Å². The van der Waals surface area contributed by atoms with E-state index in [1.165, 1.54) is 19.3 Å². The van der Waals surface area contributed by atoms with Gasteiger partial charge in [0.25, 0.3) is 0 Å². The van der Waals surface area contributed by atoms with Crippen LogP contribution >= 0.6 is 23.4 Å². The fraction of sp³-hybridized carbons (Fsp3) is 0.471. The molecule has 1 N–H and O–H groups in total. The SMILES string of the molecule is OCCn1c(CSc2nnc3n2CCCCC3)nc2ccc(Cl)cc21. The van der Waals surface area contributed by atoms with Gasteiger partial charge in [0.2, 0.25) is 0 Å². The highest BCUT2D eigenvalue weighted by molar-refractivity contribution is 7.98. The molecule has 0 saturated heterocycles. The molecular formula is C17H20ClN5OS. The third-order valence-electron chi connectivity index (χ3n) is 4.52. The van der Waals surface area contributed by atoms with E-state index < -0.39 is 0 Å². The Balaban J connectivity index is 1.61. The van der Waals surface area contributed by atoms with Gasteiger partial charge in [-0.2, -0.15) is 0 Å². The zero-order chi connectivity index (χ0) is 17.2. The van der Waals surface area contributed by atoms with Crippen LogP contribution in [0.2, 0.25) is 5.02 Å². The zero-order valence-corrected chi connectivity index (χ0v) is 15.4. The highest BCUT2D eigenvalue weighted by atomic mass is 35.5. The number of imidazole rings is 1. The molecule has 0 radical (unpaired) electrons. The van der Waals surface area contributed by atoms with Crippen molar-refractivity contribution in [3.8, 4) is 0 Å². The Kier molecular flexibility index (Phi) is 4.96. The molecule has 3 aromatic rings. The molecule has 8 heteroatoms. The van der Waals surface area contributed by atoms with Crippen molar-refractivity contribution in [3.63, 3.8) is 0 Å². The lowest BCUT2D eigenvalue weighted by Gasteiger charge is -2.08. The summed E-state index contributed by atoms with van der Waals surface area (Å²) in [7, 11) is 0. The van der Waals surface area contributed by atoms with Crippen LogP contribution in [-0.4, -0.2) is 36.0 Å². The molecule has 0 unspecified atom stereocenters. The van der Waals surface area contributed by atoms with Gasteiger partial charge in [-0.05, 0) is 31.0 Å². The summed E-state index contributed by atoms with van der Waals surface area (Å²) in [6, 6.07) is 5.66. The number of benzene rings is 1. The number of fused-ring (bicyclic) bond motifs is 2. The summed E-state index contributed by atoms with van der Waals surface area (Å²) >= 11 is 7.78. The number of hydrogen-bond donors (Lipinski definition) is 1. The number of halogens is 1. The fourth-order valence-corrected chi connectivity index (χ4v) is 4.40. The van der Waals surface area contributed by atoms with E-state index in [1.807, 2.05) is 22.8 Å². The second-order valence-electron chi connectivity index (χ2n) is 6.19. The second kappa shape index (κ2) is 7.35. The minimum atomic E-state index is 0.0654. The van der Waals surface area contributed by atoms with Gasteiger partial charge >= 0.3 is 0 Å². The number of aliphatic hydroxyl groups is 1. The molecule has 0 saturated carbocycles. The summed E-state index contributed by atoms with van der Waals surface area (Å²) in [6.45, 7) is 1.56. The van der Waals surface area contributed by atoms with Crippen molar-refractivity contribution < 1.29 is 5.11 Å². The molecule has 1 aliphatic rings. The lowest BCUT2D eigenvalue weighted by atomic mass is 10.2. The first kappa shape index (κ1) is 16.9. The third-order valence-corrected chi connectivity index (χ3v) is 5.72. The van der Waals surface area contributed by atoms with Gasteiger partial charge in [-0.15, -0.1) is 10.2 Å². The van der Waals surface area contributed by atoms with Gasteiger partial charge in [0.05, 0.1) is 23.4 Å². The average molecular weight is 378 g/mol. The lowest BCUT2D eigenvalue weighted by molar-refractivity contribution is 0.276. The maximum atomic E-state index is 9.42. The molecule has 1 aromatic carbocycles. The van der Waals surface area contributed by atoms with Crippen molar-refractivity contribution in [3.05, 3.63) is 34.9 Å². The molecule has 1 aliphatic heterocycles. The Morgan fingerprint density at radius 2 is 2.12 bits per heavy atom. The lowest BCUT2D eigenvalue weighted by Crippen LogP contribution is -2.07. The molecule has 4 rings (SSSR count). The Hall–Kier alpha value is -1.57. The normalized spacial score (nSPS) is 14.6. The molecule has 0 bridgehead atoms. The number of aryl methyl sites for hydroxylation is 1. The number of aliphatic hydroxyl groups excluding tert-OH is 1. The molecule has 3 heterocycles. The van der Waals surface area contributed by atoms with Crippen LogP contribution in [0.25, 0.3) is 11.0 Å². The van der Waals surface area contributed by atoms with Gasteiger partial charge in [0, 0.05) is 24.5 Å². The van der Waals surface area contributed by atoms with E-state index in [0.717, 1.165) is 40.8 Å². The number of rotatable bonds is 5. The summed E-state index contributed by atoms with van der Waals surface area (Å²) < 4.78 is 4.28. The van der Waals surface area contributed by atoms with E-state index in [2.05, 4.69) is 14.8 Å². The number of nitrogens with zero attached hydrogens (tertiary/aromatic N) is 5. The second-order valence-corrected chi connectivity index (χ2v) is 7.57. The smallest absolute Gasteiger partial charge is 0.191 e. The molecule has 25 heavy (non-hydrogen) atoms. The predicted octanol–water partition coefficient (Wildman–Crippen LogP) is 3.29. The summed E-state index contributed by atoms with van der Waals surface area (Å²) in [6.07, 6.45) is 4.63. The van der Waals surface area contributed by atoms with Crippen LogP contribution < -0.4 is 0 Å². The van der Waals surface area contributed by atoms with Crippen LogP contribution in [0.1, 0.15) is 30.9 Å². The molecule has 132 valence electrons. The number of aromatic nitrogens is 5. The van der Waals surface area contributed by atoms with E-state index in [0.29, 0.717) is 17.3 Å². The molecule has 0 aliphatic carbocycles. The average Bonchev–Trinajstić information content (AvgIpc) is 3.05. The number of thioether (sulfide) groups is 1. The molecule has 0 fully saturated rings. The molecule has 2 aromatic heterocycles. The summed E-state index contributed by atoms with van der Waals surface area (Å²) in [4.78, 5) is 4.72. The van der Waals surface area contributed by atoms with Crippen LogP contribution in [0.4, 0.5) is 0 Å². The van der Waals surface area contributed by atoms with Gasteiger partial charge in [-0.3, -0.25) is 0 Å². The first-order valence-corrected chi connectivity index (χ1v) is 9.93. The van der Waals surface area contributed by atoms with Crippen LogP contribution in [0.3, 0.4) is 0 Å². The highest BCUT2D eigenvalue weighted by Crippen LogP contribution is 2.27. The fourth-order valence-electron chi connectivity index (χ4n) is 3.30. The van der Waals surface area contributed by atoms with Gasteiger partial charge in [-0.1, -0.05) is 29.8 Å². The maximum absolute atomic E-state index is 9.42. The van der Waals surface area contributed by atoms with E-state index in [9.17, 15) is 5.11 Å². The number of hydrogen-bond acceptors (Lipinski definition) is 5.